The summed E-state index contributed by atoms with van der Waals surface area (Å²) >= 11 is 3.36. The fourth-order valence-electron chi connectivity index (χ4n) is 1.24. The minimum absolute atomic E-state index is 0.576. The summed E-state index contributed by atoms with van der Waals surface area (Å²) in [6.07, 6.45) is 1.48. The first-order valence-electron chi connectivity index (χ1n) is 4.25. The molecule has 0 fully saturated rings. The van der Waals surface area contributed by atoms with Crippen LogP contribution in [0.4, 0.5) is 0 Å². The molecule has 2 N–H and O–H groups in total. The lowest BCUT2D eigenvalue weighted by molar-refractivity contribution is 1.08. The number of aromatic amines is 2. The third-order valence-electron chi connectivity index (χ3n) is 1.97. The van der Waals surface area contributed by atoms with Crippen molar-refractivity contribution in [3.8, 4) is 11.3 Å². The van der Waals surface area contributed by atoms with Gasteiger partial charge in [0, 0.05) is 16.2 Å². The fourth-order valence-corrected chi connectivity index (χ4v) is 1.74. The zero-order valence-electron chi connectivity index (χ0n) is 7.58. The number of H-pyrrole nitrogens is 2. The molecule has 0 bridgehead atoms. The topological polar surface area (TPSA) is 65.7 Å². The molecule has 1 heterocycles. The van der Waals surface area contributed by atoms with E-state index < -0.39 is 11.1 Å². The van der Waals surface area contributed by atoms with Crippen LogP contribution in [0.15, 0.2) is 44.5 Å². The molecule has 0 aliphatic heterocycles. The van der Waals surface area contributed by atoms with Gasteiger partial charge in [0.15, 0.2) is 0 Å². The summed E-state index contributed by atoms with van der Waals surface area (Å²) in [7, 11) is 0. The van der Waals surface area contributed by atoms with E-state index in [2.05, 4.69) is 25.9 Å². The number of hydrogen-bond acceptors (Lipinski definition) is 2. The molecule has 0 aliphatic carbocycles. The molecule has 0 amide bonds. The minimum Gasteiger partial charge on any atom is -0.322 e. The van der Waals surface area contributed by atoms with Crippen molar-refractivity contribution in [2.45, 2.75) is 0 Å². The Kier molecular flexibility index (Phi) is 2.55. The molecule has 0 aliphatic rings. The van der Waals surface area contributed by atoms with Gasteiger partial charge in [0.25, 0.3) is 0 Å². The summed E-state index contributed by atoms with van der Waals surface area (Å²) < 4.78 is 0.854. The molecule has 4 nitrogen and oxygen atoms in total. The molecule has 5 heteroatoms. The van der Waals surface area contributed by atoms with Gasteiger partial charge in [0.05, 0.1) is 5.69 Å². The van der Waals surface area contributed by atoms with Gasteiger partial charge >= 0.3 is 11.1 Å². The lowest BCUT2D eigenvalue weighted by atomic mass is 10.2. The average molecular weight is 267 g/mol. The van der Waals surface area contributed by atoms with Crippen molar-refractivity contribution in [3.63, 3.8) is 0 Å². The molecule has 76 valence electrons. The molecular formula is C10H7BrN2O2. The first-order valence-corrected chi connectivity index (χ1v) is 5.04. The third kappa shape index (κ3) is 1.92. The van der Waals surface area contributed by atoms with Crippen molar-refractivity contribution in [3.05, 3.63) is 55.6 Å². The van der Waals surface area contributed by atoms with Crippen LogP contribution in [0.25, 0.3) is 11.3 Å². The second-order valence-electron chi connectivity index (χ2n) is 2.97. The maximum absolute atomic E-state index is 11.1. The van der Waals surface area contributed by atoms with Crippen LogP contribution in [0, 0.1) is 0 Å². The standard InChI is InChI=1S/C10H7BrN2O2/c11-7-4-2-1-3-6(7)8-5-12-9(14)10(15)13-8/h1-5H,(H,12,14)(H,13,15). The van der Waals surface area contributed by atoms with Gasteiger partial charge in [-0.2, -0.15) is 0 Å². The molecule has 0 radical (unpaired) electrons. The average Bonchev–Trinajstić information content (AvgIpc) is 2.23. The normalized spacial score (nSPS) is 10.2. The third-order valence-corrected chi connectivity index (χ3v) is 2.66. The molecule has 2 aromatic rings. The van der Waals surface area contributed by atoms with Gasteiger partial charge in [-0.15, -0.1) is 0 Å². The van der Waals surface area contributed by atoms with E-state index in [1.54, 1.807) is 0 Å². The van der Waals surface area contributed by atoms with Crippen molar-refractivity contribution >= 4 is 15.9 Å². The number of hydrogen-bond donors (Lipinski definition) is 2. The molecule has 0 saturated heterocycles. The van der Waals surface area contributed by atoms with Crippen LogP contribution in [-0.2, 0) is 0 Å². The zero-order valence-corrected chi connectivity index (χ0v) is 9.17. The summed E-state index contributed by atoms with van der Waals surface area (Å²) in [6, 6.07) is 7.42. The van der Waals surface area contributed by atoms with Crippen LogP contribution in [0.3, 0.4) is 0 Å². The molecule has 0 saturated carbocycles. The van der Waals surface area contributed by atoms with Crippen LogP contribution in [0.1, 0.15) is 0 Å². The Morgan fingerprint density at radius 3 is 2.47 bits per heavy atom. The van der Waals surface area contributed by atoms with Gasteiger partial charge < -0.3 is 9.97 Å². The highest BCUT2D eigenvalue weighted by atomic mass is 79.9. The van der Waals surface area contributed by atoms with Crippen LogP contribution in [0.5, 0.6) is 0 Å². The predicted octanol–water partition coefficient (Wildman–Crippen LogP) is 1.49. The molecule has 0 spiro atoms. The fraction of sp³-hybridized carbons (Fsp3) is 0. The van der Waals surface area contributed by atoms with E-state index in [0.29, 0.717) is 5.69 Å². The molecule has 1 aromatic heterocycles. The highest BCUT2D eigenvalue weighted by molar-refractivity contribution is 9.10. The lowest BCUT2D eigenvalue weighted by Crippen LogP contribution is -2.29. The van der Waals surface area contributed by atoms with Crippen molar-refractivity contribution in [2.24, 2.45) is 0 Å². The second kappa shape index (κ2) is 3.86. The predicted molar refractivity (Wildman–Crippen MR) is 60.8 cm³/mol. The number of aromatic nitrogens is 2. The van der Waals surface area contributed by atoms with Crippen LogP contribution < -0.4 is 11.1 Å². The largest absolute Gasteiger partial charge is 0.322 e. The van der Waals surface area contributed by atoms with Crippen LogP contribution >= 0.6 is 15.9 Å². The monoisotopic (exact) mass is 266 g/mol. The van der Waals surface area contributed by atoms with Gasteiger partial charge in [0.1, 0.15) is 0 Å². The Morgan fingerprint density at radius 2 is 1.80 bits per heavy atom. The van der Waals surface area contributed by atoms with E-state index in [4.69, 9.17) is 0 Å². The summed E-state index contributed by atoms with van der Waals surface area (Å²) in [4.78, 5) is 26.9. The van der Waals surface area contributed by atoms with E-state index in [0.717, 1.165) is 10.0 Å². The van der Waals surface area contributed by atoms with E-state index in [1.165, 1.54) is 6.20 Å². The van der Waals surface area contributed by atoms with Gasteiger partial charge in [-0.3, -0.25) is 9.59 Å². The SMILES string of the molecule is O=c1[nH]cc(-c2ccccc2Br)[nH]c1=O. The summed E-state index contributed by atoms with van der Waals surface area (Å²) in [5.74, 6) is 0. The molecule has 0 atom stereocenters. The van der Waals surface area contributed by atoms with Crippen molar-refractivity contribution in [1.29, 1.82) is 0 Å². The molecule has 0 unspecified atom stereocenters. The Morgan fingerprint density at radius 1 is 1.07 bits per heavy atom. The Balaban J connectivity index is 2.65. The zero-order chi connectivity index (χ0) is 10.8. The summed E-state index contributed by atoms with van der Waals surface area (Å²) in [6.45, 7) is 0. The van der Waals surface area contributed by atoms with Gasteiger partial charge in [-0.25, -0.2) is 0 Å². The number of halogens is 1. The van der Waals surface area contributed by atoms with Crippen molar-refractivity contribution in [2.75, 3.05) is 0 Å². The number of benzene rings is 1. The van der Waals surface area contributed by atoms with Crippen molar-refractivity contribution in [1.82, 2.24) is 9.97 Å². The van der Waals surface area contributed by atoms with E-state index >= 15 is 0 Å². The quantitative estimate of drug-likeness (QED) is 0.769. The summed E-state index contributed by atoms with van der Waals surface area (Å²) in [5.41, 5.74) is 0.104. The van der Waals surface area contributed by atoms with Crippen LogP contribution in [-0.4, -0.2) is 9.97 Å². The van der Waals surface area contributed by atoms with Gasteiger partial charge in [0.2, 0.25) is 0 Å². The molecule has 2 rings (SSSR count). The highest BCUT2D eigenvalue weighted by Gasteiger charge is 2.03. The van der Waals surface area contributed by atoms with Gasteiger partial charge in [-0.05, 0) is 6.07 Å². The Labute approximate surface area is 93.1 Å². The molecular weight excluding hydrogens is 260 g/mol. The van der Waals surface area contributed by atoms with Crippen LogP contribution in [0.2, 0.25) is 0 Å². The highest BCUT2D eigenvalue weighted by Crippen LogP contribution is 2.24. The maximum atomic E-state index is 11.1. The van der Waals surface area contributed by atoms with Gasteiger partial charge in [-0.1, -0.05) is 34.1 Å². The molecule has 15 heavy (non-hydrogen) atoms. The minimum atomic E-state index is -0.650. The van der Waals surface area contributed by atoms with E-state index in [-0.39, 0.29) is 0 Å². The summed E-state index contributed by atoms with van der Waals surface area (Å²) in [5, 5.41) is 0. The smallest absolute Gasteiger partial charge is 0.314 e. The van der Waals surface area contributed by atoms with E-state index in [9.17, 15) is 9.59 Å². The first kappa shape index (κ1) is 9.92. The number of rotatable bonds is 1. The van der Waals surface area contributed by atoms with Crippen molar-refractivity contribution < 1.29 is 0 Å². The van der Waals surface area contributed by atoms with E-state index in [1.807, 2.05) is 24.3 Å². The second-order valence-corrected chi connectivity index (χ2v) is 3.82. The lowest BCUT2D eigenvalue weighted by Gasteiger charge is -2.02. The Hall–Kier alpha value is -1.62. The first-order chi connectivity index (χ1) is 7.18. The number of nitrogens with one attached hydrogen (secondary N) is 2. The Bertz CT molecular complexity index is 601. The maximum Gasteiger partial charge on any atom is 0.314 e. The molecule has 1 aromatic carbocycles.